The van der Waals surface area contributed by atoms with Gasteiger partial charge in [-0.15, -0.1) is 11.3 Å². The van der Waals surface area contributed by atoms with E-state index in [1.54, 1.807) is 17.5 Å². The zero-order valence-electron chi connectivity index (χ0n) is 9.06. The van der Waals surface area contributed by atoms with Crippen LogP contribution in [0.25, 0.3) is 0 Å². The lowest BCUT2D eigenvalue weighted by molar-refractivity contribution is 0.452. The Morgan fingerprint density at radius 3 is 3.06 bits per heavy atom. The number of hydrogen-bond acceptors (Lipinski definition) is 3. The van der Waals surface area contributed by atoms with E-state index in [0.29, 0.717) is 6.04 Å². The molecule has 0 aliphatic carbocycles. The van der Waals surface area contributed by atoms with Gasteiger partial charge in [0, 0.05) is 29.9 Å². The maximum absolute atomic E-state index is 5.87. The first-order valence-corrected chi connectivity index (χ1v) is 6.38. The van der Waals surface area contributed by atoms with Gasteiger partial charge in [-0.3, -0.25) is 4.68 Å². The van der Waals surface area contributed by atoms with Gasteiger partial charge in [-0.25, -0.2) is 0 Å². The van der Waals surface area contributed by atoms with Crippen LogP contribution in [0, 0.1) is 0 Å². The van der Waals surface area contributed by atoms with Crippen molar-refractivity contribution < 1.29 is 0 Å². The second kappa shape index (κ2) is 5.48. The molecule has 0 fully saturated rings. The molecule has 2 rings (SSSR count). The van der Waals surface area contributed by atoms with Crippen LogP contribution in [0.1, 0.15) is 11.8 Å². The number of aromatic nitrogens is 2. The van der Waals surface area contributed by atoms with Gasteiger partial charge in [-0.05, 0) is 25.1 Å². The van der Waals surface area contributed by atoms with E-state index in [2.05, 4.69) is 23.4 Å². The fourth-order valence-electron chi connectivity index (χ4n) is 1.48. The molecule has 2 aromatic heterocycles. The summed E-state index contributed by atoms with van der Waals surface area (Å²) in [6, 6.07) is 6.31. The highest BCUT2D eigenvalue weighted by molar-refractivity contribution is 7.16. The first-order valence-electron chi connectivity index (χ1n) is 5.19. The molecule has 1 atom stereocenters. The molecule has 0 bridgehead atoms. The van der Waals surface area contributed by atoms with Crippen molar-refractivity contribution in [2.75, 3.05) is 0 Å². The Labute approximate surface area is 104 Å². The second-order valence-corrected chi connectivity index (χ2v) is 5.52. The second-order valence-electron chi connectivity index (χ2n) is 3.72. The lowest BCUT2D eigenvalue weighted by atomic mass is 10.3. The summed E-state index contributed by atoms with van der Waals surface area (Å²) in [5.74, 6) is 0. The minimum absolute atomic E-state index is 0.390. The normalized spacial score (nSPS) is 12.9. The van der Waals surface area contributed by atoms with Crippen LogP contribution in [-0.2, 0) is 13.1 Å². The van der Waals surface area contributed by atoms with Crippen LogP contribution in [-0.4, -0.2) is 15.8 Å². The van der Waals surface area contributed by atoms with Crippen molar-refractivity contribution in [3.63, 3.8) is 0 Å². The van der Waals surface area contributed by atoms with E-state index < -0.39 is 0 Å². The molecular weight excluding hydrogens is 242 g/mol. The van der Waals surface area contributed by atoms with Gasteiger partial charge >= 0.3 is 0 Å². The number of rotatable bonds is 5. The van der Waals surface area contributed by atoms with E-state index in [9.17, 15) is 0 Å². The van der Waals surface area contributed by atoms with Crippen molar-refractivity contribution >= 4 is 22.9 Å². The third-order valence-corrected chi connectivity index (χ3v) is 3.50. The van der Waals surface area contributed by atoms with E-state index >= 15 is 0 Å². The summed E-state index contributed by atoms with van der Waals surface area (Å²) < 4.78 is 2.77. The van der Waals surface area contributed by atoms with Gasteiger partial charge in [-0.1, -0.05) is 11.6 Å². The summed E-state index contributed by atoms with van der Waals surface area (Å²) in [5, 5.41) is 7.61. The molecule has 16 heavy (non-hydrogen) atoms. The van der Waals surface area contributed by atoms with Crippen LogP contribution >= 0.6 is 22.9 Å². The molecule has 2 aromatic rings. The summed E-state index contributed by atoms with van der Waals surface area (Å²) in [6.45, 7) is 3.89. The van der Waals surface area contributed by atoms with Crippen LogP contribution in [0.15, 0.2) is 30.6 Å². The summed E-state index contributed by atoms with van der Waals surface area (Å²) in [4.78, 5) is 1.26. The van der Waals surface area contributed by atoms with Crippen molar-refractivity contribution in [1.82, 2.24) is 15.1 Å². The third kappa shape index (κ3) is 3.33. The van der Waals surface area contributed by atoms with Crippen LogP contribution in [0.5, 0.6) is 0 Å². The minimum atomic E-state index is 0.390. The molecule has 0 aliphatic rings. The molecule has 3 nitrogen and oxygen atoms in total. The molecule has 0 saturated carbocycles. The fourth-order valence-corrected chi connectivity index (χ4v) is 2.51. The maximum Gasteiger partial charge on any atom is 0.0931 e. The molecule has 0 unspecified atom stereocenters. The number of halogens is 1. The molecule has 0 aliphatic heterocycles. The largest absolute Gasteiger partial charge is 0.308 e. The zero-order chi connectivity index (χ0) is 11.4. The average molecular weight is 256 g/mol. The standard InChI is InChI=1S/C11H14ClN3S/c1-9(8-15-6-2-5-14-15)13-7-10-3-4-11(12)16-10/h2-6,9,13H,7-8H2,1H3/t9-/m1/s1. The maximum atomic E-state index is 5.87. The van der Waals surface area contributed by atoms with E-state index in [0.717, 1.165) is 17.4 Å². The molecule has 1 N–H and O–H groups in total. The van der Waals surface area contributed by atoms with Crippen molar-refractivity contribution in [2.24, 2.45) is 0 Å². The third-order valence-electron chi connectivity index (χ3n) is 2.27. The molecule has 5 heteroatoms. The van der Waals surface area contributed by atoms with Crippen molar-refractivity contribution in [2.45, 2.75) is 26.1 Å². The molecule has 0 radical (unpaired) electrons. The fraction of sp³-hybridized carbons (Fsp3) is 0.364. The van der Waals surface area contributed by atoms with Gasteiger partial charge in [-0.2, -0.15) is 5.10 Å². The van der Waals surface area contributed by atoms with Gasteiger partial charge in [0.05, 0.1) is 10.9 Å². The molecule has 0 amide bonds. The number of nitrogens with zero attached hydrogens (tertiary/aromatic N) is 2. The van der Waals surface area contributed by atoms with Crippen LogP contribution in [0.2, 0.25) is 4.34 Å². The van der Waals surface area contributed by atoms with Crippen LogP contribution in [0.3, 0.4) is 0 Å². The van der Waals surface area contributed by atoms with E-state index in [1.807, 2.05) is 23.0 Å². The molecule has 0 saturated heterocycles. The highest BCUT2D eigenvalue weighted by Gasteiger charge is 2.04. The van der Waals surface area contributed by atoms with Gasteiger partial charge in [0.15, 0.2) is 0 Å². The predicted octanol–water partition coefficient (Wildman–Crippen LogP) is 2.78. The molecule has 2 heterocycles. The smallest absolute Gasteiger partial charge is 0.0931 e. The van der Waals surface area contributed by atoms with Gasteiger partial charge in [0.25, 0.3) is 0 Å². The Bertz CT molecular complexity index is 424. The van der Waals surface area contributed by atoms with Crippen molar-refractivity contribution in [1.29, 1.82) is 0 Å². The highest BCUT2D eigenvalue weighted by atomic mass is 35.5. The summed E-state index contributed by atoms with van der Waals surface area (Å²) in [6.07, 6.45) is 3.77. The van der Waals surface area contributed by atoms with Gasteiger partial charge < -0.3 is 5.32 Å². The number of nitrogens with one attached hydrogen (secondary N) is 1. The quantitative estimate of drug-likeness (QED) is 0.891. The Hall–Kier alpha value is -0.840. The predicted molar refractivity (Wildman–Crippen MR) is 67.9 cm³/mol. The topological polar surface area (TPSA) is 29.9 Å². The highest BCUT2D eigenvalue weighted by Crippen LogP contribution is 2.21. The van der Waals surface area contributed by atoms with Crippen LogP contribution < -0.4 is 5.32 Å². The first kappa shape index (κ1) is 11.6. The van der Waals surface area contributed by atoms with E-state index in [-0.39, 0.29) is 0 Å². The van der Waals surface area contributed by atoms with E-state index in [4.69, 9.17) is 11.6 Å². The van der Waals surface area contributed by atoms with E-state index in [1.165, 1.54) is 4.88 Å². The van der Waals surface area contributed by atoms with Crippen molar-refractivity contribution in [3.05, 3.63) is 39.8 Å². The van der Waals surface area contributed by atoms with Crippen LogP contribution in [0.4, 0.5) is 0 Å². The molecule has 86 valence electrons. The average Bonchev–Trinajstić information content (AvgIpc) is 2.87. The van der Waals surface area contributed by atoms with Crippen molar-refractivity contribution in [3.8, 4) is 0 Å². The monoisotopic (exact) mass is 255 g/mol. The zero-order valence-corrected chi connectivity index (χ0v) is 10.6. The SMILES string of the molecule is C[C@H](Cn1cccn1)NCc1ccc(Cl)s1. The Morgan fingerprint density at radius 2 is 2.44 bits per heavy atom. The summed E-state index contributed by atoms with van der Waals surface area (Å²) in [5.41, 5.74) is 0. The Kier molecular flexibility index (Phi) is 3.98. The molecule has 0 spiro atoms. The number of thiophene rings is 1. The summed E-state index contributed by atoms with van der Waals surface area (Å²) >= 11 is 7.49. The van der Waals surface area contributed by atoms with Gasteiger partial charge in [0.1, 0.15) is 0 Å². The summed E-state index contributed by atoms with van der Waals surface area (Å²) in [7, 11) is 0. The molecular formula is C11H14ClN3S. The molecule has 0 aromatic carbocycles. The minimum Gasteiger partial charge on any atom is -0.308 e. The lowest BCUT2D eigenvalue weighted by Crippen LogP contribution is -2.29. The van der Waals surface area contributed by atoms with Gasteiger partial charge in [0.2, 0.25) is 0 Å². The Balaban J connectivity index is 1.77. The number of hydrogen-bond donors (Lipinski definition) is 1. The lowest BCUT2D eigenvalue weighted by Gasteiger charge is -2.12. The Morgan fingerprint density at radius 1 is 1.56 bits per heavy atom. The first-order chi connectivity index (χ1) is 7.74.